The van der Waals surface area contributed by atoms with Gasteiger partial charge in [0.1, 0.15) is 24.1 Å². The average molecular weight is 471 g/mol. The number of nitrogens with two attached hydrogens (primary N) is 1. The molecule has 4 aliphatic carbocycles. The number of aliphatic hydroxyl groups is 2. The number of nitrogens with zero attached hydrogens (tertiary/aromatic N) is 2. The molecule has 1 aliphatic heterocycles. The summed E-state index contributed by atoms with van der Waals surface area (Å²) in [5.41, 5.74) is 4.66. The van der Waals surface area contributed by atoms with Gasteiger partial charge in [-0.05, 0) is 67.8 Å². The fraction of sp³-hybridized carbons (Fsp3) is 0.800. The van der Waals surface area contributed by atoms with Crippen LogP contribution in [0, 0.1) is 23.2 Å². The van der Waals surface area contributed by atoms with Crippen LogP contribution < -0.4 is 11.4 Å². The van der Waals surface area contributed by atoms with Gasteiger partial charge in [-0.1, -0.05) is 0 Å². The summed E-state index contributed by atoms with van der Waals surface area (Å²) in [6, 6.07) is 1.36. The van der Waals surface area contributed by atoms with E-state index in [9.17, 15) is 24.5 Å². The molecule has 1 aromatic heterocycles. The molecule has 6 rings (SSSR count). The fourth-order valence-electron chi connectivity index (χ4n) is 6.61. The molecule has 1 saturated heterocycles. The molecule has 12 heteroatoms. The van der Waals surface area contributed by atoms with Crippen LogP contribution in [0.5, 0.6) is 0 Å². The van der Waals surface area contributed by atoms with E-state index in [2.05, 4.69) is 4.98 Å². The number of nitrogen functional groups attached to an aromatic ring is 1. The van der Waals surface area contributed by atoms with Gasteiger partial charge in [0.25, 0.3) is 0 Å². The summed E-state index contributed by atoms with van der Waals surface area (Å²) in [6.45, 7) is -0.309. The minimum Gasteiger partial charge on any atom is -0.387 e. The third-order valence-electron chi connectivity index (χ3n) is 7.56. The molecule has 5 aliphatic rings. The molecule has 0 aromatic carbocycles. The number of hydrogen-bond donors (Lipinski definition) is 4. The van der Waals surface area contributed by atoms with Crippen LogP contribution in [-0.2, 0) is 18.3 Å². The highest BCUT2D eigenvalue weighted by molar-refractivity contribution is 7.47. The maximum atomic E-state index is 12.5. The van der Waals surface area contributed by atoms with Gasteiger partial charge in [-0.25, -0.2) is 9.36 Å². The zero-order valence-corrected chi connectivity index (χ0v) is 18.5. The molecule has 5 fully saturated rings. The lowest BCUT2D eigenvalue weighted by atomic mass is 9.50. The van der Waals surface area contributed by atoms with E-state index in [1.807, 2.05) is 0 Å². The molecule has 0 amide bonds. The smallest absolute Gasteiger partial charge is 0.387 e. The van der Waals surface area contributed by atoms with Crippen LogP contribution in [0.2, 0.25) is 0 Å². The summed E-state index contributed by atoms with van der Waals surface area (Å²) >= 11 is 0. The van der Waals surface area contributed by atoms with Crippen molar-refractivity contribution in [3.63, 3.8) is 0 Å². The molecule has 1 aromatic rings. The highest BCUT2D eigenvalue weighted by atomic mass is 31.2. The van der Waals surface area contributed by atoms with Crippen LogP contribution in [0.15, 0.2) is 17.1 Å². The van der Waals surface area contributed by atoms with Crippen molar-refractivity contribution in [2.75, 3.05) is 18.9 Å². The predicted octanol–water partition coefficient (Wildman–Crippen LogP) is 0.795. The van der Waals surface area contributed by atoms with Crippen LogP contribution in [0.4, 0.5) is 5.82 Å². The van der Waals surface area contributed by atoms with Crippen LogP contribution in [0.25, 0.3) is 0 Å². The molecule has 0 spiro atoms. The minimum atomic E-state index is -4.39. The third kappa shape index (κ3) is 4.27. The van der Waals surface area contributed by atoms with E-state index in [1.54, 1.807) is 0 Å². The van der Waals surface area contributed by atoms with E-state index in [0.29, 0.717) is 17.8 Å². The molecule has 4 bridgehead atoms. The summed E-state index contributed by atoms with van der Waals surface area (Å²) in [4.78, 5) is 25.8. The van der Waals surface area contributed by atoms with E-state index in [4.69, 9.17) is 19.5 Å². The van der Waals surface area contributed by atoms with Crippen LogP contribution >= 0.6 is 7.82 Å². The van der Waals surface area contributed by atoms with Gasteiger partial charge >= 0.3 is 13.5 Å². The lowest BCUT2D eigenvalue weighted by Gasteiger charge is -2.56. The highest BCUT2D eigenvalue weighted by Crippen LogP contribution is 2.61. The lowest BCUT2D eigenvalue weighted by molar-refractivity contribution is -0.0831. The summed E-state index contributed by atoms with van der Waals surface area (Å²) in [6.07, 6.45) is 2.91. The molecule has 2 unspecified atom stereocenters. The Kier molecular flexibility index (Phi) is 5.73. The summed E-state index contributed by atoms with van der Waals surface area (Å²) < 4.78 is 29.5. The standard InChI is InChI=1S/C20H30N3O8P/c21-15-1-2-23(19(26)22-15)18-17(25)16(24)14(31-18)9-29-32(27,28)30-10-20-6-11-3-12(7-20)5-13(4-11)8-20/h1-2,11-14,16-18,24-25H,3-10H2,(H,27,28)(H2,21,22,26)/t11?,12?,13?,14-,16-,17+,18?,20?/m1/s1. The Balaban J connectivity index is 1.18. The topological polar surface area (TPSA) is 166 Å². The van der Waals surface area contributed by atoms with Crippen molar-refractivity contribution in [1.82, 2.24) is 9.55 Å². The Morgan fingerprint density at radius 2 is 1.78 bits per heavy atom. The predicted molar refractivity (Wildman–Crippen MR) is 111 cm³/mol. The molecule has 2 heterocycles. The Labute approximate surface area is 185 Å². The third-order valence-corrected chi connectivity index (χ3v) is 8.49. The first-order chi connectivity index (χ1) is 15.1. The number of phosphoric ester groups is 1. The zero-order chi connectivity index (χ0) is 22.7. The van der Waals surface area contributed by atoms with Crippen molar-refractivity contribution in [3.8, 4) is 0 Å². The first-order valence-electron chi connectivity index (χ1n) is 11.1. The first kappa shape index (κ1) is 22.5. The SMILES string of the molecule is Nc1ccn(C2O[C@H](COP(=O)(O)OCC34CC5CC(CC(C5)C3)C4)[C@@H](O)[C@@H]2O)c(=O)n1. The Morgan fingerprint density at radius 3 is 2.38 bits per heavy atom. The fourth-order valence-corrected chi connectivity index (χ4v) is 7.45. The molecular weight excluding hydrogens is 441 g/mol. The lowest BCUT2D eigenvalue weighted by Crippen LogP contribution is -2.48. The number of anilines is 1. The van der Waals surface area contributed by atoms with Crippen molar-refractivity contribution in [2.45, 2.75) is 63.1 Å². The number of phosphoric acid groups is 1. The van der Waals surface area contributed by atoms with E-state index in [1.165, 1.54) is 31.5 Å². The van der Waals surface area contributed by atoms with Gasteiger partial charge in [0, 0.05) is 6.20 Å². The van der Waals surface area contributed by atoms with Gasteiger partial charge in [-0.2, -0.15) is 4.98 Å². The van der Waals surface area contributed by atoms with Crippen molar-refractivity contribution in [1.29, 1.82) is 0 Å². The monoisotopic (exact) mass is 471 g/mol. The van der Waals surface area contributed by atoms with Gasteiger partial charge in [0.15, 0.2) is 6.23 Å². The van der Waals surface area contributed by atoms with Gasteiger partial charge in [-0.15, -0.1) is 0 Å². The number of hydrogen-bond acceptors (Lipinski definition) is 9. The number of aliphatic hydroxyl groups excluding tert-OH is 2. The van der Waals surface area contributed by atoms with Gasteiger partial charge in [0.2, 0.25) is 0 Å². The van der Waals surface area contributed by atoms with E-state index >= 15 is 0 Å². The summed E-state index contributed by atoms with van der Waals surface area (Å²) in [5, 5.41) is 20.6. The van der Waals surface area contributed by atoms with Crippen molar-refractivity contribution in [2.24, 2.45) is 23.2 Å². The molecule has 0 radical (unpaired) electrons. The first-order valence-corrected chi connectivity index (χ1v) is 12.6. The van der Waals surface area contributed by atoms with Crippen molar-refractivity contribution in [3.05, 3.63) is 22.7 Å². The minimum absolute atomic E-state index is 0.0107. The van der Waals surface area contributed by atoms with Crippen LogP contribution in [0.1, 0.15) is 44.8 Å². The number of ether oxygens (including phenoxy) is 1. The van der Waals surface area contributed by atoms with E-state index in [-0.39, 0.29) is 17.8 Å². The molecule has 178 valence electrons. The van der Waals surface area contributed by atoms with Gasteiger partial charge < -0.3 is 25.6 Å². The van der Waals surface area contributed by atoms with Gasteiger partial charge in [0.05, 0.1) is 13.2 Å². The second-order valence-corrected chi connectivity index (χ2v) is 11.5. The second-order valence-electron chi connectivity index (χ2n) is 10.0. The Hall–Kier alpha value is -1.33. The highest BCUT2D eigenvalue weighted by Gasteiger charge is 2.52. The molecule has 11 nitrogen and oxygen atoms in total. The maximum absolute atomic E-state index is 12.5. The Morgan fingerprint density at radius 1 is 1.16 bits per heavy atom. The van der Waals surface area contributed by atoms with Crippen LogP contribution in [0.3, 0.4) is 0 Å². The molecule has 5 atom stereocenters. The average Bonchev–Trinajstić information content (AvgIpc) is 2.99. The zero-order valence-electron chi connectivity index (χ0n) is 17.7. The second kappa shape index (κ2) is 8.16. The molecule has 32 heavy (non-hydrogen) atoms. The van der Waals surface area contributed by atoms with Gasteiger partial charge in [-0.3, -0.25) is 13.6 Å². The molecular formula is C20H30N3O8P. The van der Waals surface area contributed by atoms with E-state index in [0.717, 1.165) is 23.8 Å². The number of rotatable bonds is 7. The Bertz CT molecular complexity index is 935. The normalized spacial score (nSPS) is 42.3. The maximum Gasteiger partial charge on any atom is 0.472 e. The quantitative estimate of drug-likeness (QED) is 0.418. The van der Waals surface area contributed by atoms with Crippen LogP contribution in [-0.4, -0.2) is 56.2 Å². The summed E-state index contributed by atoms with van der Waals surface area (Å²) in [7, 11) is -4.39. The summed E-state index contributed by atoms with van der Waals surface area (Å²) in [5.74, 6) is 2.08. The van der Waals surface area contributed by atoms with E-state index < -0.39 is 44.7 Å². The molecule has 4 saturated carbocycles. The largest absolute Gasteiger partial charge is 0.472 e. The van der Waals surface area contributed by atoms with Crippen molar-refractivity contribution >= 4 is 13.6 Å². The molecule has 5 N–H and O–H groups in total. The number of aromatic nitrogens is 2. The van der Waals surface area contributed by atoms with Crippen molar-refractivity contribution < 1.29 is 33.5 Å².